The second-order valence-corrected chi connectivity index (χ2v) is 5.57. The molecular weight excluding hydrogens is 337 g/mol. The summed E-state index contributed by atoms with van der Waals surface area (Å²) < 4.78 is 18.8. The Morgan fingerprint density at radius 2 is 1.69 bits per heavy atom. The monoisotopic (exact) mass is 353 g/mol. The molecule has 0 fully saturated rings. The predicted molar refractivity (Wildman–Crippen MR) is 94.4 cm³/mol. The topological polar surface area (TPSA) is 80.3 Å². The van der Waals surface area contributed by atoms with Gasteiger partial charge in [-0.05, 0) is 37.3 Å². The predicted octanol–water partition coefficient (Wildman–Crippen LogP) is 2.77. The summed E-state index contributed by atoms with van der Waals surface area (Å²) in [4.78, 5) is 28.7. The third-order valence-corrected chi connectivity index (χ3v) is 3.87. The zero-order chi connectivity index (χ0) is 18.7. The van der Waals surface area contributed by atoms with Gasteiger partial charge in [-0.25, -0.2) is 4.39 Å². The number of carbonyl (C=O) groups excluding carboxylic acids is 2. The third kappa shape index (κ3) is 3.46. The molecule has 0 aliphatic rings. The van der Waals surface area contributed by atoms with E-state index in [1.54, 1.807) is 38.3 Å². The molecule has 0 saturated heterocycles. The number of carbonyl (C=O) groups is 2. The number of benzene rings is 2. The number of fused-ring (bicyclic) bond motifs is 1. The van der Waals surface area contributed by atoms with E-state index in [-0.39, 0.29) is 5.56 Å². The van der Waals surface area contributed by atoms with Crippen LogP contribution in [-0.4, -0.2) is 23.9 Å². The highest BCUT2D eigenvalue weighted by Gasteiger charge is 2.15. The van der Waals surface area contributed by atoms with Gasteiger partial charge in [0.05, 0.1) is 29.4 Å². The van der Waals surface area contributed by atoms with Gasteiger partial charge in [-0.3, -0.25) is 25.4 Å². The highest BCUT2D eigenvalue weighted by Crippen LogP contribution is 2.21. The number of hydrazine groups is 1. The van der Waals surface area contributed by atoms with Crippen LogP contribution in [0.25, 0.3) is 10.9 Å². The molecule has 2 amide bonds. The van der Waals surface area contributed by atoms with Crippen LogP contribution in [0.1, 0.15) is 26.4 Å². The lowest BCUT2D eigenvalue weighted by Crippen LogP contribution is -2.42. The highest BCUT2D eigenvalue weighted by atomic mass is 19.1. The Labute approximate surface area is 149 Å². The minimum atomic E-state index is -0.743. The summed E-state index contributed by atoms with van der Waals surface area (Å²) in [5, 5.41) is 0.752. The maximum Gasteiger partial charge on any atom is 0.272 e. The molecule has 0 spiro atoms. The Bertz CT molecular complexity index is 1000. The van der Waals surface area contributed by atoms with Gasteiger partial charge in [0.15, 0.2) is 0 Å². The van der Waals surface area contributed by atoms with E-state index in [0.717, 1.165) is 5.39 Å². The zero-order valence-corrected chi connectivity index (χ0v) is 14.2. The molecule has 0 aliphatic heterocycles. The summed E-state index contributed by atoms with van der Waals surface area (Å²) in [5.41, 5.74) is 5.81. The van der Waals surface area contributed by atoms with Crippen LogP contribution in [-0.2, 0) is 0 Å². The maximum atomic E-state index is 13.6. The molecule has 0 atom stereocenters. The van der Waals surface area contributed by atoms with Gasteiger partial charge < -0.3 is 4.74 Å². The van der Waals surface area contributed by atoms with E-state index >= 15 is 0 Å². The fourth-order valence-corrected chi connectivity index (χ4v) is 2.49. The summed E-state index contributed by atoms with van der Waals surface area (Å²) in [7, 11) is 1.56. The number of hydrogen-bond donors (Lipinski definition) is 2. The number of amides is 2. The molecule has 1 aromatic heterocycles. The number of nitrogens with one attached hydrogen (secondary N) is 2. The average molecular weight is 353 g/mol. The van der Waals surface area contributed by atoms with E-state index in [9.17, 15) is 14.0 Å². The molecule has 26 heavy (non-hydrogen) atoms. The Hall–Kier alpha value is -3.48. The first-order valence-corrected chi connectivity index (χ1v) is 7.80. The average Bonchev–Trinajstić information content (AvgIpc) is 2.65. The fraction of sp³-hybridized carbons (Fsp3) is 0.105. The van der Waals surface area contributed by atoms with E-state index in [0.29, 0.717) is 22.5 Å². The molecule has 0 aliphatic carbocycles. The number of aryl methyl sites for hydroxylation is 1. The van der Waals surface area contributed by atoms with E-state index in [1.165, 1.54) is 24.3 Å². The minimum Gasteiger partial charge on any atom is -0.497 e. The van der Waals surface area contributed by atoms with Crippen LogP contribution < -0.4 is 15.6 Å². The van der Waals surface area contributed by atoms with E-state index in [2.05, 4.69) is 15.8 Å². The summed E-state index contributed by atoms with van der Waals surface area (Å²) in [6, 6.07) is 12.5. The van der Waals surface area contributed by atoms with Crippen LogP contribution in [0.3, 0.4) is 0 Å². The summed E-state index contributed by atoms with van der Waals surface area (Å²) in [5.74, 6) is -1.29. The zero-order valence-electron chi connectivity index (χ0n) is 14.2. The molecule has 7 heteroatoms. The van der Waals surface area contributed by atoms with Crippen LogP contribution in [0.5, 0.6) is 5.75 Å². The molecule has 3 aromatic rings. The Balaban J connectivity index is 1.78. The van der Waals surface area contributed by atoms with Crippen molar-refractivity contribution in [3.63, 3.8) is 0 Å². The Morgan fingerprint density at radius 1 is 1.00 bits per heavy atom. The van der Waals surface area contributed by atoms with Crippen molar-refractivity contribution in [3.8, 4) is 5.75 Å². The van der Waals surface area contributed by atoms with Crippen molar-refractivity contribution in [1.82, 2.24) is 15.8 Å². The van der Waals surface area contributed by atoms with Crippen molar-refractivity contribution >= 4 is 22.7 Å². The number of ether oxygens (including phenoxy) is 1. The molecule has 0 saturated carbocycles. The molecule has 0 bridgehead atoms. The number of aromatic nitrogens is 1. The smallest absolute Gasteiger partial charge is 0.272 e. The lowest BCUT2D eigenvalue weighted by Gasteiger charge is -2.11. The third-order valence-electron chi connectivity index (χ3n) is 3.87. The van der Waals surface area contributed by atoms with Crippen molar-refractivity contribution in [2.75, 3.05) is 7.11 Å². The molecular formula is C19H16FN3O3. The van der Waals surface area contributed by atoms with Crippen LogP contribution in [0.15, 0.2) is 48.5 Å². The SMILES string of the molecule is COc1ccc2cc(C(=O)NNC(=O)c3ccccc3F)c(C)nc2c1. The van der Waals surface area contributed by atoms with Gasteiger partial charge in [0.1, 0.15) is 11.6 Å². The van der Waals surface area contributed by atoms with E-state index in [4.69, 9.17) is 4.74 Å². The first-order valence-electron chi connectivity index (χ1n) is 7.80. The van der Waals surface area contributed by atoms with Crippen molar-refractivity contribution in [3.05, 3.63) is 71.2 Å². The van der Waals surface area contributed by atoms with E-state index in [1.807, 2.05) is 0 Å². The first-order chi connectivity index (χ1) is 12.5. The summed E-state index contributed by atoms with van der Waals surface area (Å²) in [6.45, 7) is 1.69. The van der Waals surface area contributed by atoms with Crippen LogP contribution in [0.4, 0.5) is 4.39 Å². The number of halogens is 1. The standard InChI is InChI=1S/C19H16FN3O3/c1-11-15(9-12-7-8-13(26-2)10-17(12)21-11)19(25)23-22-18(24)14-5-3-4-6-16(14)20/h3-10H,1-2H3,(H,22,24)(H,23,25). The summed E-state index contributed by atoms with van der Waals surface area (Å²) in [6.07, 6.45) is 0. The van der Waals surface area contributed by atoms with Crippen molar-refractivity contribution in [2.24, 2.45) is 0 Å². The molecule has 2 aromatic carbocycles. The van der Waals surface area contributed by atoms with Crippen LogP contribution >= 0.6 is 0 Å². The van der Waals surface area contributed by atoms with Gasteiger partial charge in [0.2, 0.25) is 0 Å². The van der Waals surface area contributed by atoms with Gasteiger partial charge in [0.25, 0.3) is 11.8 Å². The fourth-order valence-electron chi connectivity index (χ4n) is 2.49. The number of rotatable bonds is 3. The first kappa shape index (κ1) is 17.3. The normalized spacial score (nSPS) is 10.4. The lowest BCUT2D eigenvalue weighted by molar-refractivity contribution is 0.0843. The van der Waals surface area contributed by atoms with Crippen molar-refractivity contribution in [2.45, 2.75) is 6.92 Å². The largest absolute Gasteiger partial charge is 0.497 e. The minimum absolute atomic E-state index is 0.159. The molecule has 1 heterocycles. The van der Waals surface area contributed by atoms with Gasteiger partial charge in [-0.1, -0.05) is 12.1 Å². The number of pyridine rings is 1. The second-order valence-electron chi connectivity index (χ2n) is 5.57. The molecule has 0 radical (unpaired) electrons. The molecule has 132 valence electrons. The second kappa shape index (κ2) is 7.18. The Kier molecular flexibility index (Phi) is 4.79. The quantitative estimate of drug-likeness (QED) is 0.710. The van der Waals surface area contributed by atoms with Gasteiger partial charge in [0, 0.05) is 11.5 Å². The van der Waals surface area contributed by atoms with E-state index < -0.39 is 17.6 Å². The number of methoxy groups -OCH3 is 1. The van der Waals surface area contributed by atoms with Crippen LogP contribution in [0.2, 0.25) is 0 Å². The van der Waals surface area contributed by atoms with Gasteiger partial charge >= 0.3 is 0 Å². The number of hydrogen-bond acceptors (Lipinski definition) is 4. The van der Waals surface area contributed by atoms with Crippen molar-refractivity contribution < 1.29 is 18.7 Å². The Morgan fingerprint density at radius 3 is 2.38 bits per heavy atom. The summed E-state index contributed by atoms with van der Waals surface area (Å²) >= 11 is 0. The highest BCUT2D eigenvalue weighted by molar-refractivity contribution is 6.01. The van der Waals surface area contributed by atoms with Crippen LogP contribution in [0, 0.1) is 12.7 Å². The lowest BCUT2D eigenvalue weighted by atomic mass is 10.1. The maximum absolute atomic E-state index is 13.6. The molecule has 2 N–H and O–H groups in total. The molecule has 3 rings (SSSR count). The number of nitrogens with zero attached hydrogens (tertiary/aromatic N) is 1. The molecule has 6 nitrogen and oxygen atoms in total. The van der Waals surface area contributed by atoms with Crippen molar-refractivity contribution in [1.29, 1.82) is 0 Å². The van der Waals surface area contributed by atoms with Gasteiger partial charge in [-0.15, -0.1) is 0 Å². The van der Waals surface area contributed by atoms with Gasteiger partial charge in [-0.2, -0.15) is 0 Å². The molecule has 0 unspecified atom stereocenters.